The third-order valence-corrected chi connectivity index (χ3v) is 8.63. The van der Waals surface area contributed by atoms with Gasteiger partial charge in [0, 0.05) is 11.1 Å². The van der Waals surface area contributed by atoms with E-state index in [1.54, 1.807) is 9.80 Å². The van der Waals surface area contributed by atoms with Gasteiger partial charge in [0.1, 0.15) is 32.2 Å². The molecule has 2 aliphatic heterocycles. The third kappa shape index (κ3) is 3.46. The summed E-state index contributed by atoms with van der Waals surface area (Å²) in [6.07, 6.45) is 3.25. The Labute approximate surface area is 195 Å². The highest BCUT2D eigenvalue weighted by molar-refractivity contribution is 6.06. The smallest absolute Gasteiger partial charge is 0.238 e. The Balaban J connectivity index is 1.14. The first-order chi connectivity index (χ1) is 16.1. The minimum absolute atomic E-state index is 0.0839. The summed E-state index contributed by atoms with van der Waals surface area (Å²) in [5.74, 6) is 0.608. The van der Waals surface area contributed by atoms with E-state index in [1.165, 1.54) is 21.6 Å². The lowest BCUT2D eigenvalue weighted by atomic mass is 9.82. The second kappa shape index (κ2) is 8.23. The van der Waals surface area contributed by atoms with Gasteiger partial charge in [-0.3, -0.25) is 9.59 Å². The van der Waals surface area contributed by atoms with Crippen LogP contribution in [0.25, 0.3) is 0 Å². The van der Waals surface area contributed by atoms with Gasteiger partial charge in [0.25, 0.3) is 0 Å². The number of allylic oxidation sites excluding steroid dienone is 2. The van der Waals surface area contributed by atoms with Crippen molar-refractivity contribution in [1.82, 2.24) is 4.90 Å². The van der Waals surface area contributed by atoms with Crippen molar-refractivity contribution in [2.24, 2.45) is 23.7 Å². The van der Waals surface area contributed by atoms with Crippen LogP contribution in [0.5, 0.6) is 0 Å². The maximum Gasteiger partial charge on any atom is 0.238 e. The molecule has 0 unspecified atom stereocenters. The summed E-state index contributed by atoms with van der Waals surface area (Å²) in [7, 11) is 0. The number of quaternary nitrogens is 2. The van der Waals surface area contributed by atoms with E-state index in [4.69, 9.17) is 0 Å². The highest BCUT2D eigenvalue weighted by Gasteiger charge is 2.61. The Morgan fingerprint density at radius 2 is 1.42 bits per heavy atom. The van der Waals surface area contributed by atoms with E-state index in [1.807, 2.05) is 0 Å². The molecule has 3 fully saturated rings. The fourth-order valence-corrected chi connectivity index (χ4v) is 7.04. The number of fused-ring (bicyclic) bond motifs is 5. The number of hydrogen-bond acceptors (Lipinski definition) is 2. The number of carbonyl (C=O) groups is 2. The normalized spacial score (nSPS) is 33.0. The van der Waals surface area contributed by atoms with Crippen molar-refractivity contribution in [3.8, 4) is 0 Å². The summed E-state index contributed by atoms with van der Waals surface area (Å²) < 4.78 is 0. The third-order valence-electron chi connectivity index (χ3n) is 8.63. The molecule has 2 N–H and O–H groups in total. The first kappa shape index (κ1) is 20.8. The van der Waals surface area contributed by atoms with Gasteiger partial charge in [-0.2, -0.15) is 0 Å². The molecule has 2 bridgehead atoms. The molecule has 1 saturated carbocycles. The van der Waals surface area contributed by atoms with Gasteiger partial charge in [-0.25, -0.2) is 4.90 Å². The molecule has 4 atom stereocenters. The molecule has 2 saturated heterocycles. The van der Waals surface area contributed by atoms with Crippen LogP contribution in [0.15, 0.2) is 72.3 Å². The van der Waals surface area contributed by atoms with Crippen LogP contribution in [0, 0.1) is 23.7 Å². The van der Waals surface area contributed by atoms with Gasteiger partial charge in [-0.05, 0) is 25.2 Å². The Kier molecular flexibility index (Phi) is 5.19. The first-order valence-corrected chi connectivity index (χ1v) is 12.4. The predicted molar refractivity (Wildman–Crippen MR) is 125 cm³/mol. The number of carbonyl (C=O) groups excluding carboxylic acids is 2. The van der Waals surface area contributed by atoms with Crippen LogP contribution in [0.2, 0.25) is 0 Å². The van der Waals surface area contributed by atoms with Gasteiger partial charge in [0.05, 0.1) is 11.8 Å². The molecule has 170 valence electrons. The molecule has 2 aromatic rings. The standard InChI is InChI=1S/C28H31N3O2/c1-19-16-22-17-23(19)25-24(22)27(32)31(28(25)33)18-29-12-14-30(15-13-29)26(20-8-4-2-5-9-20)21-10-6-3-7-11-21/h2-11,16,22-26H,12-15,17-18H2,1H3/p+2/t22-,23+,24+,25-/m0/s1. The number of rotatable bonds is 5. The van der Waals surface area contributed by atoms with E-state index >= 15 is 0 Å². The molecule has 0 radical (unpaired) electrons. The fraction of sp³-hybridized carbons (Fsp3) is 0.429. The zero-order chi connectivity index (χ0) is 22.5. The van der Waals surface area contributed by atoms with Crippen LogP contribution in [0.3, 0.4) is 0 Å². The number of imide groups is 1. The van der Waals surface area contributed by atoms with Gasteiger partial charge in [0.15, 0.2) is 6.67 Å². The summed E-state index contributed by atoms with van der Waals surface area (Å²) in [6, 6.07) is 21.9. The molecule has 5 heteroatoms. The van der Waals surface area contributed by atoms with Crippen LogP contribution >= 0.6 is 0 Å². The van der Waals surface area contributed by atoms with Crippen molar-refractivity contribution >= 4 is 11.8 Å². The highest BCUT2D eigenvalue weighted by atomic mass is 16.2. The number of likely N-dealkylation sites (tertiary alicyclic amines) is 1. The van der Waals surface area contributed by atoms with E-state index in [2.05, 4.69) is 73.7 Å². The number of hydrogen-bond donors (Lipinski definition) is 2. The molecule has 0 spiro atoms. The van der Waals surface area contributed by atoms with Crippen molar-refractivity contribution in [2.45, 2.75) is 19.4 Å². The van der Waals surface area contributed by atoms with Crippen molar-refractivity contribution in [2.75, 3.05) is 32.8 Å². The second-order valence-corrected chi connectivity index (χ2v) is 10.4. The summed E-state index contributed by atoms with van der Waals surface area (Å²) in [4.78, 5) is 30.9. The van der Waals surface area contributed by atoms with Crippen molar-refractivity contribution < 1.29 is 19.4 Å². The highest BCUT2D eigenvalue weighted by Crippen LogP contribution is 2.55. The van der Waals surface area contributed by atoms with E-state index in [0.29, 0.717) is 18.6 Å². The Morgan fingerprint density at radius 3 is 2.03 bits per heavy atom. The number of nitrogens with one attached hydrogen (secondary N) is 2. The summed E-state index contributed by atoms with van der Waals surface area (Å²) in [6.45, 7) is 6.67. The molecule has 4 aliphatic rings. The molecular weight excluding hydrogens is 410 g/mol. The monoisotopic (exact) mass is 443 g/mol. The van der Waals surface area contributed by atoms with Gasteiger partial charge in [-0.1, -0.05) is 72.3 Å². The van der Waals surface area contributed by atoms with Gasteiger partial charge >= 0.3 is 0 Å². The van der Waals surface area contributed by atoms with E-state index in [-0.39, 0.29) is 29.6 Å². The molecular formula is C28H33N3O2+2. The second-order valence-electron chi connectivity index (χ2n) is 10.4. The van der Waals surface area contributed by atoms with Crippen molar-refractivity contribution in [3.05, 3.63) is 83.4 Å². The topological polar surface area (TPSA) is 46.3 Å². The van der Waals surface area contributed by atoms with Crippen LogP contribution in [-0.4, -0.2) is 49.6 Å². The Bertz CT molecular complexity index is 1040. The van der Waals surface area contributed by atoms with Crippen LogP contribution in [0.1, 0.15) is 30.5 Å². The molecule has 2 aliphatic carbocycles. The average Bonchev–Trinajstić information content (AvgIpc) is 3.48. The van der Waals surface area contributed by atoms with Crippen LogP contribution in [-0.2, 0) is 9.59 Å². The quantitative estimate of drug-likeness (QED) is 0.528. The molecule has 2 amide bonds. The van der Waals surface area contributed by atoms with Gasteiger partial charge < -0.3 is 9.80 Å². The van der Waals surface area contributed by atoms with Crippen LogP contribution in [0.4, 0.5) is 0 Å². The van der Waals surface area contributed by atoms with Crippen molar-refractivity contribution in [3.63, 3.8) is 0 Å². The lowest BCUT2D eigenvalue weighted by molar-refractivity contribution is -1.03. The van der Waals surface area contributed by atoms with E-state index in [0.717, 1.165) is 32.6 Å². The van der Waals surface area contributed by atoms with Gasteiger partial charge in [-0.15, -0.1) is 0 Å². The summed E-state index contributed by atoms with van der Waals surface area (Å²) in [5.41, 5.74) is 4.01. The van der Waals surface area contributed by atoms with Crippen molar-refractivity contribution in [1.29, 1.82) is 0 Å². The van der Waals surface area contributed by atoms with Gasteiger partial charge in [0.2, 0.25) is 11.8 Å². The molecule has 5 nitrogen and oxygen atoms in total. The zero-order valence-electron chi connectivity index (χ0n) is 19.2. The molecule has 0 aromatic heterocycles. The predicted octanol–water partition coefficient (Wildman–Crippen LogP) is 0.714. The minimum Gasteiger partial charge on any atom is -0.316 e. The number of amides is 2. The number of piperazine rings is 1. The SMILES string of the molecule is CC1=C[C@H]2C[C@H]1[C@@H]1C(=O)N(C[NH+]3CC[NH+](C(c4ccccc4)c4ccccc4)CC3)C(=O)[C@@H]12. The maximum atomic E-state index is 13.2. The largest absolute Gasteiger partial charge is 0.316 e. The summed E-state index contributed by atoms with van der Waals surface area (Å²) in [5, 5.41) is 0. The Hall–Kier alpha value is -2.76. The molecule has 2 heterocycles. The number of benzene rings is 2. The minimum atomic E-state index is -0.0851. The molecule has 6 rings (SSSR count). The fourth-order valence-electron chi connectivity index (χ4n) is 7.04. The average molecular weight is 444 g/mol. The van der Waals surface area contributed by atoms with Crippen LogP contribution < -0.4 is 9.80 Å². The Morgan fingerprint density at radius 1 is 0.848 bits per heavy atom. The van der Waals surface area contributed by atoms with E-state index < -0.39 is 0 Å². The molecule has 2 aromatic carbocycles. The summed E-state index contributed by atoms with van der Waals surface area (Å²) >= 11 is 0. The molecule has 33 heavy (non-hydrogen) atoms. The number of nitrogens with zero attached hydrogens (tertiary/aromatic N) is 1. The zero-order valence-corrected chi connectivity index (χ0v) is 19.2. The van der Waals surface area contributed by atoms with E-state index in [9.17, 15) is 9.59 Å². The lowest BCUT2D eigenvalue weighted by Gasteiger charge is -2.36. The lowest BCUT2D eigenvalue weighted by Crippen LogP contribution is -3.28. The first-order valence-electron chi connectivity index (χ1n) is 12.4. The maximum absolute atomic E-state index is 13.2.